The second-order valence-corrected chi connectivity index (χ2v) is 11.7. The number of aromatic nitrogens is 2. The Kier molecular flexibility index (Phi) is 5.40. The Morgan fingerprint density at radius 3 is 1.51 bits per heavy atom. The van der Waals surface area contributed by atoms with Gasteiger partial charge in [-0.3, -0.25) is 0 Å². The molecule has 0 fully saturated rings. The molecule has 9 rings (SSSR count). The maximum absolute atomic E-state index is 4.70. The molecule has 0 aliphatic heterocycles. The molecule has 2 nitrogen and oxygen atoms in total. The van der Waals surface area contributed by atoms with Crippen molar-refractivity contribution >= 4 is 65.9 Å². The van der Waals surface area contributed by atoms with Crippen LogP contribution in [0.4, 0.5) is 0 Å². The molecule has 0 spiro atoms. The molecule has 0 saturated carbocycles. The highest BCUT2D eigenvalue weighted by Crippen LogP contribution is 2.37. The number of benzene rings is 8. The fourth-order valence-corrected chi connectivity index (χ4v) is 7.14. The van der Waals surface area contributed by atoms with Crippen LogP contribution >= 0.6 is 11.7 Å². The number of hydrogen-bond acceptors (Lipinski definition) is 3. The fourth-order valence-electron chi connectivity index (χ4n) is 6.57. The Labute approximate surface area is 252 Å². The molecule has 43 heavy (non-hydrogen) atoms. The summed E-state index contributed by atoms with van der Waals surface area (Å²) in [6, 6.07) is 52.8. The first-order valence-electron chi connectivity index (χ1n) is 14.5. The molecule has 0 aliphatic rings. The zero-order valence-electron chi connectivity index (χ0n) is 23.2. The summed E-state index contributed by atoms with van der Waals surface area (Å²) in [6.45, 7) is 0. The Balaban J connectivity index is 1.12. The predicted octanol–water partition coefficient (Wildman–Crippen LogP) is 11.3. The summed E-state index contributed by atoms with van der Waals surface area (Å²) in [5.41, 5.74) is 9.17. The molecule has 0 aliphatic carbocycles. The van der Waals surface area contributed by atoms with E-state index in [4.69, 9.17) is 4.37 Å². The van der Waals surface area contributed by atoms with Gasteiger partial charge in [-0.2, -0.15) is 8.75 Å². The third-order valence-corrected chi connectivity index (χ3v) is 9.23. The van der Waals surface area contributed by atoms with Crippen LogP contribution in [0.3, 0.4) is 0 Å². The van der Waals surface area contributed by atoms with Crippen molar-refractivity contribution in [2.24, 2.45) is 0 Å². The van der Waals surface area contributed by atoms with Crippen molar-refractivity contribution in [1.29, 1.82) is 0 Å². The largest absolute Gasteiger partial charge is 0.172 e. The van der Waals surface area contributed by atoms with Gasteiger partial charge in [-0.05, 0) is 90.0 Å². The van der Waals surface area contributed by atoms with Crippen molar-refractivity contribution in [1.82, 2.24) is 8.75 Å². The zero-order chi connectivity index (χ0) is 28.3. The van der Waals surface area contributed by atoms with E-state index in [9.17, 15) is 0 Å². The van der Waals surface area contributed by atoms with Gasteiger partial charge in [-0.15, -0.1) is 0 Å². The highest BCUT2D eigenvalue weighted by molar-refractivity contribution is 7.00. The van der Waals surface area contributed by atoms with Crippen LogP contribution in [-0.4, -0.2) is 8.75 Å². The molecule has 3 heteroatoms. The van der Waals surface area contributed by atoms with Gasteiger partial charge in [0.25, 0.3) is 0 Å². The predicted molar refractivity (Wildman–Crippen MR) is 184 cm³/mol. The summed E-state index contributed by atoms with van der Waals surface area (Å²) >= 11 is 1.28. The zero-order valence-corrected chi connectivity index (χ0v) is 24.0. The third-order valence-electron chi connectivity index (χ3n) is 8.71. The number of fused-ring (bicyclic) bond motifs is 9. The van der Waals surface area contributed by atoms with Gasteiger partial charge >= 0.3 is 0 Å². The smallest absolute Gasteiger partial charge is 0.113 e. The van der Waals surface area contributed by atoms with Crippen LogP contribution in [0.2, 0.25) is 0 Å². The van der Waals surface area contributed by atoms with Gasteiger partial charge in [0.15, 0.2) is 0 Å². The Morgan fingerprint density at radius 2 is 0.791 bits per heavy atom. The monoisotopic (exact) mass is 564 g/mol. The van der Waals surface area contributed by atoms with Gasteiger partial charge in [0, 0.05) is 10.8 Å². The van der Waals surface area contributed by atoms with E-state index in [1.54, 1.807) is 0 Å². The SMILES string of the molecule is c1cc(-c2cccc(-c3ccc4c5ccccc5c5nsnc5c4c3)c2)cc(-c2ccc3c(ccc4ccccc43)c2)c1. The van der Waals surface area contributed by atoms with Gasteiger partial charge in [0.05, 0.1) is 11.7 Å². The van der Waals surface area contributed by atoms with Crippen molar-refractivity contribution < 1.29 is 0 Å². The summed E-state index contributed by atoms with van der Waals surface area (Å²) in [6.07, 6.45) is 0. The molecule has 1 aromatic heterocycles. The first kappa shape index (κ1) is 24.2. The van der Waals surface area contributed by atoms with Gasteiger partial charge in [0.2, 0.25) is 0 Å². The molecule has 0 unspecified atom stereocenters. The average Bonchev–Trinajstić information content (AvgIpc) is 3.59. The molecular weight excluding hydrogens is 541 g/mol. The molecule has 0 bridgehead atoms. The van der Waals surface area contributed by atoms with Crippen LogP contribution in [0.25, 0.3) is 87.5 Å². The van der Waals surface area contributed by atoms with Gasteiger partial charge in [0.1, 0.15) is 11.0 Å². The standard InChI is InChI=1S/C40H24N2S/c1-2-12-33-25(7-1)15-16-32-23-30(17-19-34(32)33)28-10-5-8-26(21-28)27-9-6-11-29(22-27)31-18-20-36-35-13-3-4-14-37(35)39-40(38(36)24-31)42-43-41-39/h1-24H. The van der Waals surface area contributed by atoms with Crippen molar-refractivity contribution in [2.75, 3.05) is 0 Å². The fraction of sp³-hybridized carbons (Fsp3) is 0. The second kappa shape index (κ2) is 9.59. The van der Waals surface area contributed by atoms with Crippen molar-refractivity contribution in [2.45, 2.75) is 0 Å². The molecule has 0 amide bonds. The second-order valence-electron chi connectivity index (χ2n) is 11.2. The molecule has 1 heterocycles. The maximum atomic E-state index is 4.70. The maximum Gasteiger partial charge on any atom is 0.113 e. The van der Waals surface area contributed by atoms with E-state index in [1.807, 2.05) is 0 Å². The lowest BCUT2D eigenvalue weighted by Gasteiger charge is -2.11. The lowest BCUT2D eigenvalue weighted by molar-refractivity contribution is 1.59. The number of rotatable bonds is 3. The van der Waals surface area contributed by atoms with E-state index in [0.29, 0.717) is 0 Å². The van der Waals surface area contributed by atoms with Crippen LogP contribution < -0.4 is 0 Å². The molecule has 0 saturated heterocycles. The quantitative estimate of drug-likeness (QED) is 0.199. The lowest BCUT2D eigenvalue weighted by atomic mass is 9.93. The summed E-state index contributed by atoms with van der Waals surface area (Å²) in [5.74, 6) is 0. The number of hydrogen-bond donors (Lipinski definition) is 0. The molecule has 0 atom stereocenters. The summed E-state index contributed by atoms with van der Waals surface area (Å²) in [4.78, 5) is 0. The summed E-state index contributed by atoms with van der Waals surface area (Å²) in [7, 11) is 0. The highest BCUT2D eigenvalue weighted by Gasteiger charge is 2.13. The first-order valence-corrected chi connectivity index (χ1v) is 15.2. The Morgan fingerprint density at radius 1 is 0.302 bits per heavy atom. The van der Waals surface area contributed by atoms with E-state index in [-0.39, 0.29) is 0 Å². The highest BCUT2D eigenvalue weighted by atomic mass is 32.1. The summed E-state index contributed by atoms with van der Waals surface area (Å²) < 4.78 is 9.35. The normalized spacial score (nSPS) is 11.7. The van der Waals surface area contributed by atoms with Crippen LogP contribution in [0, 0.1) is 0 Å². The van der Waals surface area contributed by atoms with Crippen LogP contribution in [0.1, 0.15) is 0 Å². The Hall–Kier alpha value is -5.38. The first-order chi connectivity index (χ1) is 21.3. The van der Waals surface area contributed by atoms with Crippen molar-refractivity contribution in [3.8, 4) is 33.4 Å². The molecular formula is C40H24N2S. The topological polar surface area (TPSA) is 25.8 Å². The van der Waals surface area contributed by atoms with Crippen molar-refractivity contribution in [3.63, 3.8) is 0 Å². The summed E-state index contributed by atoms with van der Waals surface area (Å²) in [5, 5.41) is 9.87. The molecule has 0 radical (unpaired) electrons. The minimum atomic E-state index is 0.979. The molecule has 8 aromatic carbocycles. The molecule has 0 N–H and O–H groups in total. The van der Waals surface area contributed by atoms with Crippen LogP contribution in [-0.2, 0) is 0 Å². The van der Waals surface area contributed by atoms with Crippen molar-refractivity contribution in [3.05, 3.63) is 146 Å². The van der Waals surface area contributed by atoms with Gasteiger partial charge in [-0.1, -0.05) is 121 Å². The van der Waals surface area contributed by atoms with E-state index in [1.165, 1.54) is 77.4 Å². The Bertz CT molecular complexity index is 2520. The minimum Gasteiger partial charge on any atom is -0.172 e. The lowest BCUT2D eigenvalue weighted by Crippen LogP contribution is -1.86. The van der Waals surface area contributed by atoms with Gasteiger partial charge in [-0.25, -0.2) is 0 Å². The third kappa shape index (κ3) is 3.93. The van der Waals surface area contributed by atoms with E-state index >= 15 is 0 Å². The molecule has 200 valence electrons. The number of nitrogens with zero attached hydrogens (tertiary/aromatic N) is 2. The van der Waals surface area contributed by atoms with Gasteiger partial charge < -0.3 is 0 Å². The van der Waals surface area contributed by atoms with Crippen LogP contribution in [0.15, 0.2) is 146 Å². The average molecular weight is 565 g/mol. The van der Waals surface area contributed by atoms with E-state index < -0.39 is 0 Å². The van der Waals surface area contributed by atoms with E-state index in [2.05, 4.69) is 150 Å². The molecule has 9 aromatic rings. The minimum absolute atomic E-state index is 0.979. The van der Waals surface area contributed by atoms with E-state index in [0.717, 1.165) is 21.8 Å². The van der Waals surface area contributed by atoms with Crippen LogP contribution in [0.5, 0.6) is 0 Å².